The molecular formula is C18H30N2O3S. The quantitative estimate of drug-likeness (QED) is 0.520. The lowest BCUT2D eigenvalue weighted by molar-refractivity contribution is 0.0957. The van der Waals surface area contributed by atoms with E-state index in [9.17, 15) is 13.2 Å². The molecule has 0 amide bonds. The molecule has 0 spiro atoms. The molecule has 0 aromatic heterocycles. The van der Waals surface area contributed by atoms with Crippen LogP contribution in [0.1, 0.15) is 63.7 Å². The summed E-state index contributed by atoms with van der Waals surface area (Å²) in [5.41, 5.74) is 12.3. The number of nitrogens with two attached hydrogens (primary N) is 2. The fourth-order valence-electron chi connectivity index (χ4n) is 2.83. The van der Waals surface area contributed by atoms with Crippen LogP contribution in [0.25, 0.3) is 0 Å². The summed E-state index contributed by atoms with van der Waals surface area (Å²) in [5.74, 6) is 0.158. The summed E-state index contributed by atoms with van der Waals surface area (Å²) >= 11 is 0. The van der Waals surface area contributed by atoms with Gasteiger partial charge in [-0.1, -0.05) is 47.0 Å². The van der Waals surface area contributed by atoms with Gasteiger partial charge in [-0.05, 0) is 24.0 Å². The molecule has 0 fully saturated rings. The number of benzene rings is 1. The minimum absolute atomic E-state index is 0.0249. The van der Waals surface area contributed by atoms with Gasteiger partial charge in [-0.15, -0.1) is 0 Å². The number of rotatable bonds is 9. The Morgan fingerprint density at radius 2 is 1.79 bits per heavy atom. The van der Waals surface area contributed by atoms with Crippen molar-refractivity contribution in [2.75, 3.05) is 17.2 Å². The third kappa shape index (κ3) is 5.23. The highest BCUT2D eigenvalue weighted by Crippen LogP contribution is 2.30. The topological polar surface area (TPSA) is 103 Å². The summed E-state index contributed by atoms with van der Waals surface area (Å²) in [4.78, 5) is 12.5. The van der Waals surface area contributed by atoms with Crippen LogP contribution in [0.3, 0.4) is 0 Å². The highest BCUT2D eigenvalue weighted by molar-refractivity contribution is 7.91. The maximum atomic E-state index is 12.6. The zero-order valence-electron chi connectivity index (χ0n) is 15.1. The number of Topliss-reactive ketones (excluding diaryl/α,β-unsaturated/α-hetero) is 1. The molecule has 5 nitrogen and oxygen atoms in total. The average molecular weight is 355 g/mol. The van der Waals surface area contributed by atoms with Crippen molar-refractivity contribution >= 4 is 27.0 Å². The van der Waals surface area contributed by atoms with Gasteiger partial charge in [-0.3, -0.25) is 4.79 Å². The lowest BCUT2D eigenvalue weighted by Gasteiger charge is -2.15. The zero-order valence-corrected chi connectivity index (χ0v) is 15.9. The molecule has 0 heterocycles. The summed E-state index contributed by atoms with van der Waals surface area (Å²) < 4.78 is 25.0. The maximum absolute atomic E-state index is 12.6. The second-order valence-corrected chi connectivity index (χ2v) is 8.85. The maximum Gasteiger partial charge on any atom is 0.180 e. The first-order chi connectivity index (χ1) is 11.1. The van der Waals surface area contributed by atoms with Crippen LogP contribution in [0, 0.1) is 11.8 Å². The van der Waals surface area contributed by atoms with Crippen LogP contribution >= 0.6 is 0 Å². The van der Waals surface area contributed by atoms with Gasteiger partial charge in [0.1, 0.15) is 0 Å². The fourth-order valence-corrected chi connectivity index (χ4v) is 4.65. The van der Waals surface area contributed by atoms with Gasteiger partial charge in [0.05, 0.1) is 22.0 Å². The van der Waals surface area contributed by atoms with E-state index in [4.69, 9.17) is 11.5 Å². The molecule has 4 N–H and O–H groups in total. The van der Waals surface area contributed by atoms with Crippen LogP contribution in [-0.2, 0) is 9.84 Å². The first-order valence-corrected chi connectivity index (χ1v) is 10.2. The van der Waals surface area contributed by atoms with E-state index in [2.05, 4.69) is 13.8 Å². The molecule has 0 aliphatic rings. The second-order valence-electron chi connectivity index (χ2n) is 6.84. The Hall–Kier alpha value is -1.56. The Kier molecular flexibility index (Phi) is 7.27. The van der Waals surface area contributed by atoms with Crippen LogP contribution in [0.2, 0.25) is 0 Å². The Bertz CT molecular complexity index is 682. The predicted octanol–water partition coefficient (Wildman–Crippen LogP) is 3.68. The second kappa shape index (κ2) is 8.51. The van der Waals surface area contributed by atoms with Gasteiger partial charge in [0.25, 0.3) is 0 Å². The number of ketones is 1. The molecule has 0 saturated heterocycles. The summed E-state index contributed by atoms with van der Waals surface area (Å²) in [6.45, 7) is 7.79. The van der Waals surface area contributed by atoms with Crippen molar-refractivity contribution in [3.8, 4) is 0 Å². The minimum Gasteiger partial charge on any atom is -0.397 e. The van der Waals surface area contributed by atoms with E-state index in [1.807, 2.05) is 13.8 Å². The molecule has 24 heavy (non-hydrogen) atoms. The Morgan fingerprint density at radius 3 is 2.29 bits per heavy atom. The SMILES string of the molecule is CCCC(CC)CC(=O)c1cc(N)c(N)c(S(=O)(=O)CC(C)C)c1. The number of hydrogen-bond donors (Lipinski definition) is 2. The molecule has 0 saturated carbocycles. The number of hydrogen-bond acceptors (Lipinski definition) is 5. The number of carbonyl (C=O) groups is 1. The summed E-state index contributed by atoms with van der Waals surface area (Å²) in [5, 5.41) is 0. The van der Waals surface area contributed by atoms with Crippen molar-refractivity contribution in [2.45, 2.75) is 58.3 Å². The largest absolute Gasteiger partial charge is 0.397 e. The Balaban J connectivity index is 3.21. The first kappa shape index (κ1) is 20.5. The number of anilines is 2. The van der Waals surface area contributed by atoms with Crippen molar-refractivity contribution in [2.24, 2.45) is 11.8 Å². The minimum atomic E-state index is -3.57. The van der Waals surface area contributed by atoms with Gasteiger partial charge < -0.3 is 11.5 Å². The van der Waals surface area contributed by atoms with Gasteiger partial charge in [-0.2, -0.15) is 0 Å². The van der Waals surface area contributed by atoms with Gasteiger partial charge >= 0.3 is 0 Å². The van der Waals surface area contributed by atoms with Gasteiger partial charge in [0, 0.05) is 12.0 Å². The van der Waals surface area contributed by atoms with E-state index >= 15 is 0 Å². The summed E-state index contributed by atoms with van der Waals surface area (Å²) in [6.07, 6.45) is 3.31. The third-order valence-corrected chi connectivity index (χ3v) is 6.25. The van der Waals surface area contributed by atoms with Crippen molar-refractivity contribution < 1.29 is 13.2 Å². The number of sulfone groups is 1. The molecule has 0 aliphatic carbocycles. The van der Waals surface area contributed by atoms with Crippen LogP contribution in [-0.4, -0.2) is 20.0 Å². The van der Waals surface area contributed by atoms with Crippen LogP contribution in [0.4, 0.5) is 11.4 Å². The molecular weight excluding hydrogens is 324 g/mol. The molecule has 1 unspecified atom stereocenters. The Morgan fingerprint density at radius 1 is 1.17 bits per heavy atom. The van der Waals surface area contributed by atoms with E-state index in [1.54, 1.807) is 0 Å². The van der Waals surface area contributed by atoms with Crippen LogP contribution < -0.4 is 11.5 Å². The molecule has 0 aliphatic heterocycles. The van der Waals surface area contributed by atoms with E-state index in [-0.39, 0.29) is 33.7 Å². The number of carbonyl (C=O) groups excluding carboxylic acids is 1. The average Bonchev–Trinajstić information content (AvgIpc) is 2.47. The van der Waals surface area contributed by atoms with E-state index in [0.717, 1.165) is 19.3 Å². The standard InChI is InChI=1S/C18H30N2O3S/c1-5-7-13(6-2)8-16(21)14-9-15(19)18(20)17(10-14)24(22,23)11-12(3)4/h9-10,12-13H,5-8,11,19-20H2,1-4H3. The van der Waals surface area contributed by atoms with Gasteiger partial charge in [-0.25, -0.2) is 8.42 Å². The normalized spacial score (nSPS) is 13.2. The predicted molar refractivity (Wildman–Crippen MR) is 99.8 cm³/mol. The molecule has 0 bridgehead atoms. The lowest BCUT2D eigenvalue weighted by Crippen LogP contribution is -2.16. The molecule has 1 aromatic carbocycles. The fraction of sp³-hybridized carbons (Fsp3) is 0.611. The molecule has 1 aromatic rings. The zero-order chi connectivity index (χ0) is 18.5. The third-order valence-electron chi connectivity index (χ3n) is 4.13. The van der Waals surface area contributed by atoms with Crippen molar-refractivity contribution in [1.82, 2.24) is 0 Å². The smallest absolute Gasteiger partial charge is 0.180 e. The monoisotopic (exact) mass is 354 g/mol. The van der Waals surface area contributed by atoms with E-state index < -0.39 is 9.84 Å². The highest BCUT2D eigenvalue weighted by Gasteiger charge is 2.23. The van der Waals surface area contributed by atoms with E-state index in [0.29, 0.717) is 17.9 Å². The van der Waals surface area contributed by atoms with Crippen LogP contribution in [0.5, 0.6) is 0 Å². The molecule has 0 radical (unpaired) electrons. The van der Waals surface area contributed by atoms with Gasteiger partial charge in [0.2, 0.25) is 0 Å². The van der Waals surface area contributed by atoms with Crippen molar-refractivity contribution in [3.63, 3.8) is 0 Å². The number of nitrogen functional groups attached to an aromatic ring is 2. The molecule has 136 valence electrons. The summed E-state index contributed by atoms with van der Waals surface area (Å²) in [6, 6.07) is 2.88. The van der Waals surface area contributed by atoms with E-state index in [1.165, 1.54) is 12.1 Å². The molecule has 6 heteroatoms. The van der Waals surface area contributed by atoms with Gasteiger partial charge in [0.15, 0.2) is 15.6 Å². The first-order valence-electron chi connectivity index (χ1n) is 8.57. The Labute approximate surface area is 145 Å². The molecule has 1 rings (SSSR count). The van der Waals surface area contributed by atoms with Crippen LogP contribution in [0.15, 0.2) is 17.0 Å². The van der Waals surface area contributed by atoms with Crippen molar-refractivity contribution in [3.05, 3.63) is 17.7 Å². The van der Waals surface area contributed by atoms with Crippen molar-refractivity contribution in [1.29, 1.82) is 0 Å². The molecule has 1 atom stereocenters. The lowest BCUT2D eigenvalue weighted by atomic mass is 9.92. The highest BCUT2D eigenvalue weighted by atomic mass is 32.2. The summed E-state index contributed by atoms with van der Waals surface area (Å²) in [7, 11) is -3.57.